The quantitative estimate of drug-likeness (QED) is 0.323. The van der Waals surface area contributed by atoms with E-state index in [9.17, 15) is 0 Å². The summed E-state index contributed by atoms with van der Waals surface area (Å²) in [4.78, 5) is 0. The van der Waals surface area contributed by atoms with Crippen LogP contribution in [-0.2, 0) is 4.74 Å². The van der Waals surface area contributed by atoms with E-state index < -0.39 is 7.26 Å². The smallest absolute Gasteiger partial charge is 0.190 e. The van der Waals surface area contributed by atoms with Crippen LogP contribution in [0.1, 0.15) is 59.3 Å². The third kappa shape index (κ3) is 14.1. The Morgan fingerprint density at radius 1 is 0.818 bits per heavy atom. The molecule has 1 N–H and O–H groups in total. The van der Waals surface area contributed by atoms with Crippen LogP contribution in [0.15, 0.2) is 0 Å². The maximum atomic E-state index is 7.48. The third-order valence-electron chi connectivity index (χ3n) is 3.84. The Morgan fingerprint density at radius 3 is 1.45 bits per heavy atom. The Balaban J connectivity index is 0. The third-order valence-corrected chi connectivity index (χ3v) is 8.77. The number of nitrogens with one attached hydrogen (secondary N) is 1. The second-order valence-corrected chi connectivity index (χ2v) is 10.1. The fourth-order valence-electron chi connectivity index (χ4n) is 2.46. The SMILES string of the molecule is CCCC[P+](CCCC)(CCCC)CCOC.N#CNC#N. The largest absolute Gasteiger partial charge is 0.381 e. The van der Waals surface area contributed by atoms with Gasteiger partial charge in [0.05, 0.1) is 31.3 Å². The second kappa shape index (κ2) is 18.2. The molecule has 0 radical (unpaired) electrons. The van der Waals surface area contributed by atoms with E-state index in [0.29, 0.717) is 0 Å². The van der Waals surface area contributed by atoms with Crippen LogP contribution < -0.4 is 5.32 Å². The normalized spacial score (nSPS) is 10.1. The van der Waals surface area contributed by atoms with Gasteiger partial charge in [-0.1, -0.05) is 40.0 Å². The fourth-order valence-corrected chi connectivity index (χ4v) is 7.33. The Hall–Kier alpha value is -0.830. The summed E-state index contributed by atoms with van der Waals surface area (Å²) in [5, 5.41) is 16.7. The molecule has 0 rings (SSSR count). The van der Waals surface area contributed by atoms with Crippen LogP contribution in [0.2, 0.25) is 0 Å². The van der Waals surface area contributed by atoms with Gasteiger partial charge in [-0.15, -0.1) is 0 Å². The van der Waals surface area contributed by atoms with Gasteiger partial charge in [-0.05, 0) is 19.3 Å². The minimum absolute atomic E-state index is 0.687. The first-order valence-electron chi connectivity index (χ1n) is 8.53. The van der Waals surface area contributed by atoms with Crippen molar-refractivity contribution >= 4 is 7.26 Å². The van der Waals surface area contributed by atoms with E-state index in [2.05, 4.69) is 20.8 Å². The maximum Gasteiger partial charge on any atom is 0.190 e. The Labute approximate surface area is 138 Å². The molecule has 0 heterocycles. The summed E-state index contributed by atoms with van der Waals surface area (Å²) in [5.74, 6) is 0. The number of unbranched alkanes of at least 4 members (excludes halogenated alkanes) is 3. The molecule has 0 aromatic heterocycles. The molecule has 0 amide bonds. The van der Waals surface area contributed by atoms with Gasteiger partial charge in [0.1, 0.15) is 0 Å². The van der Waals surface area contributed by atoms with Crippen LogP contribution in [0, 0.1) is 22.9 Å². The van der Waals surface area contributed by atoms with E-state index in [0.717, 1.165) is 6.61 Å². The van der Waals surface area contributed by atoms with Crippen LogP contribution in [0.3, 0.4) is 0 Å². The molecule has 22 heavy (non-hydrogen) atoms. The van der Waals surface area contributed by atoms with Gasteiger partial charge in [0, 0.05) is 14.4 Å². The predicted molar refractivity (Wildman–Crippen MR) is 97.3 cm³/mol. The van der Waals surface area contributed by atoms with Gasteiger partial charge in [-0.25, -0.2) is 5.32 Å². The maximum absolute atomic E-state index is 7.48. The van der Waals surface area contributed by atoms with Crippen LogP contribution in [0.25, 0.3) is 0 Å². The lowest BCUT2D eigenvalue weighted by molar-refractivity contribution is 0.217. The molecule has 0 aliphatic heterocycles. The van der Waals surface area contributed by atoms with Crippen molar-refractivity contribution in [2.45, 2.75) is 59.3 Å². The van der Waals surface area contributed by atoms with Gasteiger partial charge < -0.3 is 4.74 Å². The van der Waals surface area contributed by atoms with Crippen molar-refractivity contribution in [1.82, 2.24) is 5.32 Å². The van der Waals surface area contributed by atoms with Crippen LogP contribution in [-0.4, -0.2) is 38.4 Å². The van der Waals surface area contributed by atoms with Crippen LogP contribution in [0.5, 0.6) is 0 Å². The van der Waals surface area contributed by atoms with Crippen LogP contribution in [0.4, 0.5) is 0 Å². The van der Waals surface area contributed by atoms with Crippen LogP contribution >= 0.6 is 7.26 Å². The van der Waals surface area contributed by atoms with Crippen molar-refractivity contribution in [2.75, 3.05) is 38.4 Å². The van der Waals surface area contributed by atoms with Crippen molar-refractivity contribution in [3.63, 3.8) is 0 Å². The highest BCUT2D eigenvalue weighted by atomic mass is 31.2. The van der Waals surface area contributed by atoms with Gasteiger partial charge in [-0.3, -0.25) is 0 Å². The summed E-state index contributed by atoms with van der Waals surface area (Å²) in [6.45, 7) is 7.96. The summed E-state index contributed by atoms with van der Waals surface area (Å²) < 4.78 is 5.37. The molecule has 4 nitrogen and oxygen atoms in total. The van der Waals surface area contributed by atoms with Crippen molar-refractivity contribution in [2.24, 2.45) is 0 Å². The van der Waals surface area contributed by atoms with E-state index in [1.807, 2.05) is 7.11 Å². The highest BCUT2D eigenvalue weighted by Crippen LogP contribution is 2.60. The van der Waals surface area contributed by atoms with Crippen molar-refractivity contribution in [3.8, 4) is 12.4 Å². The Kier molecular flexibility index (Phi) is 19.4. The molecular weight excluding hydrogens is 293 g/mol. The molecule has 0 aliphatic rings. The molecule has 0 aromatic carbocycles. The Morgan fingerprint density at radius 2 is 1.23 bits per heavy atom. The van der Waals surface area contributed by atoms with Crippen molar-refractivity contribution in [1.29, 1.82) is 10.5 Å². The lowest BCUT2D eigenvalue weighted by atomic mass is 10.4. The van der Waals surface area contributed by atoms with E-state index in [4.69, 9.17) is 15.3 Å². The number of hydrogen-bond acceptors (Lipinski definition) is 4. The Bertz CT molecular complexity index is 260. The molecule has 0 atom stereocenters. The fraction of sp³-hybridized carbons (Fsp3) is 0.882. The van der Waals surface area contributed by atoms with Gasteiger partial charge >= 0.3 is 0 Å². The van der Waals surface area contributed by atoms with Gasteiger partial charge in [0.15, 0.2) is 12.4 Å². The number of ether oxygens (including phenoxy) is 1. The first-order chi connectivity index (χ1) is 10.7. The average Bonchev–Trinajstić information content (AvgIpc) is 2.55. The second-order valence-electron chi connectivity index (χ2n) is 5.64. The van der Waals surface area contributed by atoms with E-state index in [1.54, 1.807) is 5.32 Å². The molecule has 0 saturated carbocycles. The summed E-state index contributed by atoms with van der Waals surface area (Å²) in [5.41, 5.74) is 0. The van der Waals surface area contributed by atoms with Crippen molar-refractivity contribution in [3.05, 3.63) is 0 Å². The van der Waals surface area contributed by atoms with E-state index >= 15 is 0 Å². The lowest BCUT2D eigenvalue weighted by Crippen LogP contribution is -2.15. The average molecular weight is 328 g/mol. The van der Waals surface area contributed by atoms with Gasteiger partial charge in [0.2, 0.25) is 0 Å². The summed E-state index contributed by atoms with van der Waals surface area (Å²) >= 11 is 0. The summed E-state index contributed by atoms with van der Waals surface area (Å²) in [6, 6.07) is 0. The van der Waals surface area contributed by atoms with Gasteiger partial charge in [0.25, 0.3) is 0 Å². The first kappa shape index (κ1) is 23.4. The minimum atomic E-state index is -0.687. The molecule has 0 unspecified atom stereocenters. The van der Waals surface area contributed by atoms with Gasteiger partial charge in [-0.2, -0.15) is 10.5 Å². The summed E-state index contributed by atoms with van der Waals surface area (Å²) in [6.07, 6.45) is 17.1. The monoisotopic (exact) mass is 328 g/mol. The molecule has 5 heteroatoms. The van der Waals surface area contributed by atoms with E-state index in [-0.39, 0.29) is 0 Å². The molecule has 0 fully saturated rings. The highest BCUT2D eigenvalue weighted by molar-refractivity contribution is 7.75. The molecule has 0 bridgehead atoms. The number of rotatable bonds is 12. The van der Waals surface area contributed by atoms with E-state index in [1.165, 1.54) is 75.6 Å². The zero-order valence-corrected chi connectivity index (χ0v) is 15.9. The van der Waals surface area contributed by atoms with Crippen molar-refractivity contribution < 1.29 is 4.74 Å². The molecule has 128 valence electrons. The molecular formula is C17H35N3OP+. The standard InChI is InChI=1S/C15H34OP.C2HN3/c1-5-8-12-17(13-9-6-2,14-10-7-3)15-11-16-4;3-1-5-2-4/h5-15H2,1-4H3;5H/q+1;. The number of hydrogen-bond donors (Lipinski definition) is 1. The minimum Gasteiger partial charge on any atom is -0.381 e. The zero-order chi connectivity index (χ0) is 17.1. The first-order valence-corrected chi connectivity index (χ1v) is 11.1. The summed E-state index contributed by atoms with van der Waals surface area (Å²) in [7, 11) is 1.17. The molecule has 0 spiro atoms. The predicted octanol–water partition coefficient (Wildman–Crippen LogP) is 4.59. The zero-order valence-electron chi connectivity index (χ0n) is 15.0. The molecule has 0 aromatic rings. The number of nitrogens with zero attached hydrogens (tertiary/aromatic N) is 2. The number of methoxy groups -OCH3 is 1. The topological polar surface area (TPSA) is 68.8 Å². The molecule has 0 saturated heterocycles. The lowest BCUT2D eigenvalue weighted by Gasteiger charge is -2.27. The molecule has 0 aliphatic carbocycles. The number of nitriles is 2. The highest BCUT2D eigenvalue weighted by Gasteiger charge is 2.34.